The van der Waals surface area contributed by atoms with Gasteiger partial charge in [0.25, 0.3) is 0 Å². The van der Waals surface area contributed by atoms with E-state index in [-0.39, 0.29) is 0 Å². The van der Waals surface area contributed by atoms with E-state index in [0.717, 1.165) is 6.42 Å². The maximum Gasteiger partial charge on any atom is 0.0345 e. The Balaban J connectivity index is 1.95. The summed E-state index contributed by atoms with van der Waals surface area (Å²) >= 11 is 3.81. The Morgan fingerprint density at radius 1 is 0.938 bits per heavy atom. The summed E-state index contributed by atoms with van der Waals surface area (Å²) in [6.07, 6.45) is 1.08. The Labute approximate surface area is 103 Å². The van der Waals surface area contributed by atoms with Gasteiger partial charge < -0.3 is 0 Å². The number of thiophene rings is 2. The van der Waals surface area contributed by atoms with Gasteiger partial charge in [0.1, 0.15) is 0 Å². The molecule has 0 radical (unpaired) electrons. The fourth-order valence-corrected chi connectivity index (χ4v) is 3.97. The highest BCUT2D eigenvalue weighted by molar-refractivity contribution is 7.19. The van der Waals surface area contributed by atoms with Gasteiger partial charge in [0.2, 0.25) is 0 Å². The van der Waals surface area contributed by atoms with Crippen molar-refractivity contribution >= 4 is 32.8 Å². The van der Waals surface area contributed by atoms with Crippen LogP contribution in [0.2, 0.25) is 0 Å². The normalized spacial score (nSPS) is 11.1. The monoisotopic (exact) mass is 244 g/mol. The standard InChI is InChI=1S/C14H12S2/c1-10-6-7-12(15-10)9-13-8-11-4-2-3-5-14(11)16-13/h2-8H,9H2,1H3. The van der Waals surface area contributed by atoms with Gasteiger partial charge in [-0.05, 0) is 36.6 Å². The van der Waals surface area contributed by atoms with Crippen LogP contribution in [-0.2, 0) is 6.42 Å². The van der Waals surface area contributed by atoms with Gasteiger partial charge in [0.15, 0.2) is 0 Å². The average Bonchev–Trinajstić information content (AvgIpc) is 2.84. The second-order valence-electron chi connectivity index (χ2n) is 3.94. The maximum absolute atomic E-state index is 2.31. The molecule has 0 aliphatic heterocycles. The zero-order chi connectivity index (χ0) is 11.0. The van der Waals surface area contributed by atoms with Crippen LogP contribution in [0.25, 0.3) is 10.1 Å². The largest absolute Gasteiger partial charge is 0.145 e. The number of aryl methyl sites for hydroxylation is 1. The molecule has 0 N–H and O–H groups in total. The fourth-order valence-electron chi connectivity index (χ4n) is 1.88. The summed E-state index contributed by atoms with van der Waals surface area (Å²) in [5.74, 6) is 0. The van der Waals surface area contributed by atoms with E-state index < -0.39 is 0 Å². The van der Waals surface area contributed by atoms with Gasteiger partial charge in [-0.3, -0.25) is 0 Å². The topological polar surface area (TPSA) is 0 Å². The van der Waals surface area contributed by atoms with Crippen molar-refractivity contribution in [3.63, 3.8) is 0 Å². The molecule has 0 aliphatic rings. The van der Waals surface area contributed by atoms with Crippen molar-refractivity contribution in [1.29, 1.82) is 0 Å². The van der Waals surface area contributed by atoms with Crippen molar-refractivity contribution in [3.05, 3.63) is 57.1 Å². The van der Waals surface area contributed by atoms with Gasteiger partial charge in [-0.2, -0.15) is 0 Å². The van der Waals surface area contributed by atoms with Crippen molar-refractivity contribution in [3.8, 4) is 0 Å². The predicted molar refractivity (Wildman–Crippen MR) is 73.7 cm³/mol. The molecule has 0 fully saturated rings. The number of hydrogen-bond acceptors (Lipinski definition) is 2. The van der Waals surface area contributed by atoms with Crippen molar-refractivity contribution in [2.45, 2.75) is 13.3 Å². The Bertz CT molecular complexity index is 583. The first-order valence-electron chi connectivity index (χ1n) is 5.34. The van der Waals surface area contributed by atoms with Gasteiger partial charge in [-0.15, -0.1) is 22.7 Å². The minimum Gasteiger partial charge on any atom is -0.145 e. The third-order valence-corrected chi connectivity index (χ3v) is 4.74. The van der Waals surface area contributed by atoms with Crippen LogP contribution in [0.1, 0.15) is 14.6 Å². The van der Waals surface area contributed by atoms with Gasteiger partial charge in [-0.25, -0.2) is 0 Å². The molecule has 16 heavy (non-hydrogen) atoms. The molecule has 80 valence electrons. The van der Waals surface area contributed by atoms with Gasteiger partial charge >= 0.3 is 0 Å². The molecule has 0 bridgehead atoms. The van der Waals surface area contributed by atoms with E-state index in [1.807, 2.05) is 22.7 Å². The fraction of sp³-hybridized carbons (Fsp3) is 0.143. The van der Waals surface area contributed by atoms with E-state index in [1.165, 1.54) is 24.7 Å². The van der Waals surface area contributed by atoms with Crippen LogP contribution < -0.4 is 0 Å². The Kier molecular flexibility index (Phi) is 2.54. The summed E-state index contributed by atoms with van der Waals surface area (Å²) < 4.78 is 1.39. The van der Waals surface area contributed by atoms with E-state index >= 15 is 0 Å². The van der Waals surface area contributed by atoms with Crippen LogP contribution in [0.3, 0.4) is 0 Å². The second kappa shape index (κ2) is 4.04. The van der Waals surface area contributed by atoms with E-state index in [2.05, 4.69) is 49.4 Å². The molecule has 0 unspecified atom stereocenters. The summed E-state index contributed by atoms with van der Waals surface area (Å²) in [6.45, 7) is 2.17. The molecule has 3 rings (SSSR count). The maximum atomic E-state index is 2.31. The molecule has 3 aromatic rings. The van der Waals surface area contributed by atoms with E-state index in [9.17, 15) is 0 Å². The summed E-state index contributed by atoms with van der Waals surface area (Å²) in [5, 5.41) is 1.37. The van der Waals surface area contributed by atoms with Crippen molar-refractivity contribution in [1.82, 2.24) is 0 Å². The molecule has 2 heteroatoms. The number of fused-ring (bicyclic) bond motifs is 1. The van der Waals surface area contributed by atoms with Crippen LogP contribution in [-0.4, -0.2) is 0 Å². The van der Waals surface area contributed by atoms with E-state index in [0.29, 0.717) is 0 Å². The van der Waals surface area contributed by atoms with Crippen LogP contribution in [0.4, 0.5) is 0 Å². The lowest BCUT2D eigenvalue weighted by molar-refractivity contribution is 1.31. The first kappa shape index (κ1) is 10.1. The van der Waals surface area contributed by atoms with E-state index in [1.54, 1.807) is 0 Å². The van der Waals surface area contributed by atoms with E-state index in [4.69, 9.17) is 0 Å². The summed E-state index contributed by atoms with van der Waals surface area (Å²) in [7, 11) is 0. The third kappa shape index (κ3) is 1.91. The molecule has 0 aliphatic carbocycles. The molecule has 2 heterocycles. The molecule has 0 saturated carbocycles. The van der Waals surface area contributed by atoms with Crippen LogP contribution in [0.15, 0.2) is 42.5 Å². The van der Waals surface area contributed by atoms with Gasteiger partial charge in [0.05, 0.1) is 0 Å². The molecule has 0 amide bonds. The minimum atomic E-state index is 1.08. The summed E-state index contributed by atoms with van der Waals surface area (Å²) in [6, 6.07) is 15.4. The molecule has 1 aromatic carbocycles. The lowest BCUT2D eigenvalue weighted by Gasteiger charge is -1.91. The number of hydrogen-bond donors (Lipinski definition) is 0. The second-order valence-corrected chi connectivity index (χ2v) is 6.48. The molecule has 0 nitrogen and oxygen atoms in total. The first-order valence-corrected chi connectivity index (χ1v) is 6.97. The summed E-state index contributed by atoms with van der Waals surface area (Å²) in [4.78, 5) is 4.32. The highest BCUT2D eigenvalue weighted by Gasteiger charge is 2.03. The molecular weight excluding hydrogens is 232 g/mol. The average molecular weight is 244 g/mol. The van der Waals surface area contributed by atoms with Crippen LogP contribution in [0, 0.1) is 6.92 Å². The SMILES string of the molecule is Cc1ccc(Cc2cc3ccccc3s2)s1. The zero-order valence-electron chi connectivity index (χ0n) is 9.07. The quantitative estimate of drug-likeness (QED) is 0.604. The van der Waals surface area contributed by atoms with Gasteiger partial charge in [0, 0.05) is 25.8 Å². The van der Waals surface area contributed by atoms with Crippen LogP contribution >= 0.6 is 22.7 Å². The smallest absolute Gasteiger partial charge is 0.0345 e. The summed E-state index contributed by atoms with van der Waals surface area (Å²) in [5.41, 5.74) is 0. The molecule has 0 saturated heterocycles. The minimum absolute atomic E-state index is 1.08. The van der Waals surface area contributed by atoms with Gasteiger partial charge in [-0.1, -0.05) is 18.2 Å². The zero-order valence-corrected chi connectivity index (χ0v) is 10.7. The molecule has 0 atom stereocenters. The Morgan fingerprint density at radius 3 is 2.56 bits per heavy atom. The highest BCUT2D eigenvalue weighted by atomic mass is 32.1. The molecule has 2 aromatic heterocycles. The van der Waals surface area contributed by atoms with Crippen LogP contribution in [0.5, 0.6) is 0 Å². The van der Waals surface area contributed by atoms with Crippen molar-refractivity contribution in [2.24, 2.45) is 0 Å². The molecular formula is C14H12S2. The molecule has 0 spiro atoms. The predicted octanol–water partition coefficient (Wildman–Crippen LogP) is 4.86. The Hall–Kier alpha value is -1.12. The third-order valence-electron chi connectivity index (χ3n) is 2.62. The first-order chi connectivity index (χ1) is 7.81. The number of rotatable bonds is 2. The van der Waals surface area contributed by atoms with Crippen molar-refractivity contribution in [2.75, 3.05) is 0 Å². The Morgan fingerprint density at radius 2 is 1.81 bits per heavy atom. The number of benzene rings is 1. The highest BCUT2D eigenvalue weighted by Crippen LogP contribution is 2.28. The lowest BCUT2D eigenvalue weighted by Crippen LogP contribution is -1.76. The lowest BCUT2D eigenvalue weighted by atomic mass is 10.2. The van der Waals surface area contributed by atoms with Crippen molar-refractivity contribution < 1.29 is 0 Å².